The van der Waals surface area contributed by atoms with Gasteiger partial charge in [0.05, 0.1) is 24.8 Å². The van der Waals surface area contributed by atoms with E-state index < -0.39 is 0 Å². The normalized spacial score (nSPS) is 21.1. The minimum Gasteiger partial charge on any atom is -0.492 e. The Hall–Kier alpha value is -2.40. The predicted octanol–water partition coefficient (Wildman–Crippen LogP) is 3.88. The van der Waals surface area contributed by atoms with Crippen LogP contribution in [0.2, 0.25) is 0 Å². The van der Waals surface area contributed by atoms with Crippen LogP contribution in [-0.4, -0.2) is 47.7 Å². The number of hydrogen-bond acceptors (Lipinski definition) is 4. The van der Waals surface area contributed by atoms with Gasteiger partial charge in [0.25, 0.3) is 0 Å². The topological polar surface area (TPSA) is 51.7 Å². The van der Waals surface area contributed by atoms with Crippen molar-refractivity contribution in [3.05, 3.63) is 60.4 Å². The SMILES string of the molecule is O=C(Cc1ccccc1)N1CCC2(CC1)CC(CCOc1cccnc1)CCO2. The van der Waals surface area contributed by atoms with Crippen molar-refractivity contribution in [2.75, 3.05) is 26.3 Å². The van der Waals surface area contributed by atoms with E-state index in [-0.39, 0.29) is 11.5 Å². The molecule has 0 saturated carbocycles. The van der Waals surface area contributed by atoms with Crippen LogP contribution in [0, 0.1) is 5.92 Å². The summed E-state index contributed by atoms with van der Waals surface area (Å²) in [6, 6.07) is 13.8. The largest absolute Gasteiger partial charge is 0.492 e. The van der Waals surface area contributed by atoms with E-state index in [0.717, 1.165) is 63.1 Å². The molecule has 2 aromatic rings. The van der Waals surface area contributed by atoms with E-state index >= 15 is 0 Å². The maximum absolute atomic E-state index is 12.6. The zero-order valence-corrected chi connectivity index (χ0v) is 17.0. The molecule has 5 heteroatoms. The molecule has 2 aliphatic rings. The molecule has 1 atom stereocenters. The van der Waals surface area contributed by atoms with Crippen LogP contribution < -0.4 is 4.74 Å². The summed E-state index contributed by atoms with van der Waals surface area (Å²) in [5, 5.41) is 0. The Kier molecular flexibility index (Phi) is 6.45. The fraction of sp³-hybridized carbons (Fsp3) is 0.500. The van der Waals surface area contributed by atoms with Crippen LogP contribution in [0.1, 0.15) is 37.7 Å². The molecule has 2 saturated heterocycles. The van der Waals surface area contributed by atoms with Gasteiger partial charge in [0.2, 0.25) is 5.91 Å². The Morgan fingerprint density at radius 1 is 1.17 bits per heavy atom. The first kappa shape index (κ1) is 19.9. The van der Waals surface area contributed by atoms with Crippen LogP contribution in [-0.2, 0) is 16.0 Å². The number of piperidine rings is 1. The van der Waals surface area contributed by atoms with Gasteiger partial charge in [-0.3, -0.25) is 9.78 Å². The van der Waals surface area contributed by atoms with Crippen molar-refractivity contribution in [3.63, 3.8) is 0 Å². The first-order chi connectivity index (χ1) is 14.2. The second-order valence-electron chi connectivity index (χ2n) is 8.26. The number of amides is 1. The maximum atomic E-state index is 12.6. The maximum Gasteiger partial charge on any atom is 0.226 e. The predicted molar refractivity (Wildman–Crippen MR) is 112 cm³/mol. The number of pyridine rings is 1. The Bertz CT molecular complexity index is 773. The molecule has 5 nitrogen and oxygen atoms in total. The second kappa shape index (κ2) is 9.40. The number of ether oxygens (including phenoxy) is 2. The van der Waals surface area contributed by atoms with Crippen LogP contribution >= 0.6 is 0 Å². The Balaban J connectivity index is 1.23. The number of hydrogen-bond donors (Lipinski definition) is 0. The minimum atomic E-state index is -0.0548. The van der Waals surface area contributed by atoms with Crippen LogP contribution in [0.25, 0.3) is 0 Å². The van der Waals surface area contributed by atoms with E-state index in [0.29, 0.717) is 18.9 Å². The fourth-order valence-corrected chi connectivity index (χ4v) is 4.55. The molecule has 1 amide bonds. The first-order valence-corrected chi connectivity index (χ1v) is 10.7. The van der Waals surface area contributed by atoms with Crippen LogP contribution in [0.5, 0.6) is 5.75 Å². The van der Waals surface area contributed by atoms with E-state index in [1.54, 1.807) is 12.4 Å². The molecular formula is C24H30N2O3. The lowest BCUT2D eigenvalue weighted by Gasteiger charge is -2.46. The van der Waals surface area contributed by atoms with Gasteiger partial charge in [-0.05, 0) is 55.7 Å². The average Bonchev–Trinajstić information content (AvgIpc) is 2.76. The van der Waals surface area contributed by atoms with Crippen molar-refractivity contribution >= 4 is 5.91 Å². The molecule has 1 aromatic heterocycles. The first-order valence-electron chi connectivity index (χ1n) is 10.7. The van der Waals surface area contributed by atoms with Gasteiger partial charge in [0.1, 0.15) is 5.75 Å². The third-order valence-corrected chi connectivity index (χ3v) is 6.25. The number of rotatable bonds is 6. The lowest BCUT2D eigenvalue weighted by atomic mass is 9.78. The Morgan fingerprint density at radius 2 is 2.00 bits per heavy atom. The lowest BCUT2D eigenvalue weighted by molar-refractivity contribution is -0.147. The van der Waals surface area contributed by atoms with E-state index in [1.807, 2.05) is 47.4 Å². The lowest BCUT2D eigenvalue weighted by Crippen LogP contribution is -2.51. The highest BCUT2D eigenvalue weighted by molar-refractivity contribution is 5.78. The number of carbonyl (C=O) groups is 1. The molecule has 1 aromatic carbocycles. The molecule has 1 unspecified atom stereocenters. The number of likely N-dealkylation sites (tertiary alicyclic amines) is 1. The van der Waals surface area contributed by atoms with Gasteiger partial charge in [-0.2, -0.15) is 0 Å². The average molecular weight is 395 g/mol. The Labute approximate surface area is 173 Å². The molecule has 0 bridgehead atoms. The van der Waals surface area contributed by atoms with Crippen molar-refractivity contribution in [2.24, 2.45) is 5.92 Å². The summed E-state index contributed by atoms with van der Waals surface area (Å²) in [5.74, 6) is 1.68. The summed E-state index contributed by atoms with van der Waals surface area (Å²) >= 11 is 0. The second-order valence-corrected chi connectivity index (χ2v) is 8.26. The van der Waals surface area contributed by atoms with Gasteiger partial charge >= 0.3 is 0 Å². The molecule has 154 valence electrons. The van der Waals surface area contributed by atoms with E-state index in [1.165, 1.54) is 0 Å². The summed E-state index contributed by atoms with van der Waals surface area (Å²) in [6.07, 6.45) is 9.08. The van der Waals surface area contributed by atoms with Crippen LogP contribution in [0.4, 0.5) is 0 Å². The van der Waals surface area contributed by atoms with Gasteiger partial charge in [0.15, 0.2) is 0 Å². The van der Waals surface area contributed by atoms with Gasteiger partial charge in [-0.1, -0.05) is 30.3 Å². The molecule has 0 aliphatic carbocycles. The highest BCUT2D eigenvalue weighted by Crippen LogP contribution is 2.38. The third-order valence-electron chi connectivity index (χ3n) is 6.25. The highest BCUT2D eigenvalue weighted by atomic mass is 16.5. The molecule has 1 spiro atoms. The molecule has 4 rings (SSSR count). The van der Waals surface area contributed by atoms with Gasteiger partial charge in [-0.15, -0.1) is 0 Å². The molecule has 0 N–H and O–H groups in total. The summed E-state index contributed by atoms with van der Waals surface area (Å²) in [7, 11) is 0. The molecule has 0 radical (unpaired) electrons. The number of nitrogens with zero attached hydrogens (tertiary/aromatic N) is 2. The summed E-state index contributed by atoms with van der Waals surface area (Å²) in [4.78, 5) is 18.7. The number of benzene rings is 1. The van der Waals surface area contributed by atoms with Gasteiger partial charge in [-0.25, -0.2) is 0 Å². The monoisotopic (exact) mass is 394 g/mol. The zero-order valence-electron chi connectivity index (χ0n) is 17.0. The zero-order chi connectivity index (χ0) is 19.9. The van der Waals surface area contributed by atoms with E-state index in [2.05, 4.69) is 4.98 Å². The van der Waals surface area contributed by atoms with E-state index in [9.17, 15) is 4.79 Å². The van der Waals surface area contributed by atoms with Crippen molar-refractivity contribution in [1.82, 2.24) is 9.88 Å². The van der Waals surface area contributed by atoms with Crippen molar-refractivity contribution in [1.29, 1.82) is 0 Å². The third kappa shape index (κ3) is 5.36. The highest BCUT2D eigenvalue weighted by Gasteiger charge is 2.40. The minimum absolute atomic E-state index is 0.0548. The number of carbonyl (C=O) groups excluding carboxylic acids is 1. The standard InChI is InChI=1S/C24H30N2O3/c27-23(17-20-5-2-1-3-6-20)26-13-10-24(11-14-26)18-21(9-16-29-24)8-15-28-22-7-4-12-25-19-22/h1-7,12,19,21H,8-11,13-18H2. The quantitative estimate of drug-likeness (QED) is 0.746. The smallest absolute Gasteiger partial charge is 0.226 e. The Morgan fingerprint density at radius 3 is 2.76 bits per heavy atom. The van der Waals surface area contributed by atoms with Crippen molar-refractivity contribution < 1.29 is 14.3 Å². The van der Waals surface area contributed by atoms with Crippen LogP contribution in [0.3, 0.4) is 0 Å². The summed E-state index contributed by atoms with van der Waals surface area (Å²) in [6.45, 7) is 3.12. The van der Waals surface area contributed by atoms with E-state index in [4.69, 9.17) is 9.47 Å². The number of aromatic nitrogens is 1. The summed E-state index contributed by atoms with van der Waals surface area (Å²) < 4.78 is 12.1. The summed E-state index contributed by atoms with van der Waals surface area (Å²) in [5.41, 5.74) is 1.03. The molecular weight excluding hydrogens is 364 g/mol. The molecule has 3 heterocycles. The van der Waals surface area contributed by atoms with Crippen molar-refractivity contribution in [3.8, 4) is 5.75 Å². The van der Waals surface area contributed by atoms with Crippen LogP contribution in [0.15, 0.2) is 54.9 Å². The van der Waals surface area contributed by atoms with Crippen molar-refractivity contribution in [2.45, 2.75) is 44.1 Å². The molecule has 2 aliphatic heterocycles. The fourth-order valence-electron chi connectivity index (χ4n) is 4.55. The molecule has 2 fully saturated rings. The van der Waals surface area contributed by atoms with Gasteiger partial charge in [0, 0.05) is 25.9 Å². The molecule has 29 heavy (non-hydrogen) atoms. The van der Waals surface area contributed by atoms with Gasteiger partial charge < -0.3 is 14.4 Å².